The molecule has 0 spiro atoms. The summed E-state index contributed by atoms with van der Waals surface area (Å²) in [7, 11) is 2.17. The molecule has 1 unspecified atom stereocenters. The number of aryl methyl sites for hydroxylation is 3. The van der Waals surface area contributed by atoms with E-state index in [1.807, 2.05) is 19.2 Å². The highest BCUT2D eigenvalue weighted by Crippen LogP contribution is 2.40. The number of hydrogen-bond donors (Lipinski definition) is 1. The molecule has 5 rings (SSSR count). The molecule has 5 heteroatoms. The second-order valence-corrected chi connectivity index (χ2v) is 8.36. The van der Waals surface area contributed by atoms with Crippen LogP contribution in [0.25, 0.3) is 11.0 Å². The van der Waals surface area contributed by atoms with Crippen molar-refractivity contribution in [2.24, 2.45) is 0 Å². The van der Waals surface area contributed by atoms with Crippen molar-refractivity contribution in [3.8, 4) is 0 Å². The van der Waals surface area contributed by atoms with E-state index < -0.39 is 5.60 Å². The molecule has 4 heterocycles. The Morgan fingerprint density at radius 1 is 1.22 bits per heavy atom. The summed E-state index contributed by atoms with van der Waals surface area (Å²) in [5.41, 5.74) is 7.08. The quantitative estimate of drug-likeness (QED) is 0.762. The summed E-state index contributed by atoms with van der Waals surface area (Å²) in [5.74, 6) is 0. The summed E-state index contributed by atoms with van der Waals surface area (Å²) in [6.07, 6.45) is 4.49. The highest BCUT2D eigenvalue weighted by atomic mass is 16.3. The van der Waals surface area contributed by atoms with Crippen LogP contribution in [0.3, 0.4) is 0 Å². The van der Waals surface area contributed by atoms with Crippen molar-refractivity contribution in [2.75, 3.05) is 13.6 Å². The smallest absolute Gasteiger partial charge is 0.140 e. The first-order valence-corrected chi connectivity index (χ1v) is 9.79. The maximum atomic E-state index is 11.6. The van der Waals surface area contributed by atoms with Crippen LogP contribution >= 0.6 is 0 Å². The summed E-state index contributed by atoms with van der Waals surface area (Å²) in [4.78, 5) is 11.8. The normalized spacial score (nSPS) is 22.2. The predicted molar refractivity (Wildman–Crippen MR) is 106 cm³/mol. The fourth-order valence-corrected chi connectivity index (χ4v) is 4.83. The Hall–Kier alpha value is -2.24. The fraction of sp³-hybridized carbons (Fsp3) is 0.455. The summed E-state index contributed by atoms with van der Waals surface area (Å²) in [5, 5.41) is 12.8. The zero-order valence-electron chi connectivity index (χ0n) is 16.3. The molecule has 0 aromatic carbocycles. The van der Waals surface area contributed by atoms with Gasteiger partial charge >= 0.3 is 0 Å². The van der Waals surface area contributed by atoms with Crippen LogP contribution in [-0.4, -0.2) is 38.1 Å². The molecule has 3 aromatic rings. The number of aromatic nitrogens is 3. The van der Waals surface area contributed by atoms with Gasteiger partial charge in [0.05, 0.1) is 6.54 Å². The molecule has 27 heavy (non-hydrogen) atoms. The molecule has 1 atom stereocenters. The maximum Gasteiger partial charge on any atom is 0.140 e. The zero-order valence-corrected chi connectivity index (χ0v) is 16.3. The van der Waals surface area contributed by atoms with Crippen molar-refractivity contribution in [1.82, 2.24) is 19.4 Å². The van der Waals surface area contributed by atoms with Gasteiger partial charge in [-0.3, -0.25) is 4.98 Å². The van der Waals surface area contributed by atoms with Gasteiger partial charge in [-0.1, -0.05) is 6.07 Å². The van der Waals surface area contributed by atoms with Gasteiger partial charge in [0.25, 0.3) is 0 Å². The molecule has 0 bridgehead atoms. The van der Waals surface area contributed by atoms with Gasteiger partial charge in [0.2, 0.25) is 0 Å². The highest BCUT2D eigenvalue weighted by Gasteiger charge is 2.39. The van der Waals surface area contributed by atoms with Crippen LogP contribution in [0, 0.1) is 13.8 Å². The Balaban J connectivity index is 1.65. The molecule has 5 nitrogen and oxygen atoms in total. The Bertz CT molecular complexity index is 1050. The minimum absolute atomic E-state index is 0.552. The molecule has 0 amide bonds. The third-order valence-corrected chi connectivity index (χ3v) is 6.23. The lowest BCUT2D eigenvalue weighted by atomic mass is 9.96. The van der Waals surface area contributed by atoms with E-state index >= 15 is 0 Å². The van der Waals surface area contributed by atoms with Crippen LogP contribution in [-0.2, 0) is 31.5 Å². The monoisotopic (exact) mass is 362 g/mol. The minimum Gasteiger partial charge on any atom is -0.383 e. The lowest BCUT2D eigenvalue weighted by Gasteiger charge is -2.28. The van der Waals surface area contributed by atoms with Crippen molar-refractivity contribution in [3.63, 3.8) is 0 Å². The van der Waals surface area contributed by atoms with Crippen molar-refractivity contribution < 1.29 is 5.11 Å². The van der Waals surface area contributed by atoms with Gasteiger partial charge in [0, 0.05) is 53.7 Å². The average Bonchev–Trinajstić information content (AvgIpc) is 3.10. The lowest BCUT2D eigenvalue weighted by Crippen LogP contribution is -2.32. The molecule has 0 fully saturated rings. The van der Waals surface area contributed by atoms with Gasteiger partial charge in [0.15, 0.2) is 0 Å². The summed E-state index contributed by atoms with van der Waals surface area (Å²) in [6.45, 7) is 6.64. The topological polar surface area (TPSA) is 54.2 Å². The second-order valence-electron chi connectivity index (χ2n) is 8.36. The molecule has 0 radical (unpaired) electrons. The average molecular weight is 362 g/mol. The van der Waals surface area contributed by atoms with E-state index in [1.165, 1.54) is 22.2 Å². The molecule has 1 N–H and O–H groups in total. The van der Waals surface area contributed by atoms with Crippen LogP contribution in [0.2, 0.25) is 0 Å². The fourth-order valence-electron chi connectivity index (χ4n) is 4.83. The van der Waals surface area contributed by atoms with Crippen LogP contribution in [0.1, 0.15) is 40.2 Å². The molecule has 140 valence electrons. The largest absolute Gasteiger partial charge is 0.383 e. The van der Waals surface area contributed by atoms with E-state index in [2.05, 4.69) is 40.6 Å². The molecular formula is C22H26N4O. The summed E-state index contributed by atoms with van der Waals surface area (Å²) >= 11 is 0. The van der Waals surface area contributed by atoms with Gasteiger partial charge < -0.3 is 14.6 Å². The van der Waals surface area contributed by atoms with Crippen LogP contribution in [0.4, 0.5) is 0 Å². The van der Waals surface area contributed by atoms with Crippen molar-refractivity contribution >= 4 is 11.0 Å². The zero-order chi connectivity index (χ0) is 18.8. The first kappa shape index (κ1) is 16.9. The van der Waals surface area contributed by atoms with E-state index in [1.54, 1.807) is 0 Å². The van der Waals surface area contributed by atoms with E-state index in [0.717, 1.165) is 55.0 Å². The van der Waals surface area contributed by atoms with Crippen molar-refractivity contribution in [2.45, 2.75) is 51.8 Å². The number of fused-ring (bicyclic) bond motifs is 4. The van der Waals surface area contributed by atoms with Gasteiger partial charge in [0.1, 0.15) is 11.2 Å². The Morgan fingerprint density at radius 3 is 2.93 bits per heavy atom. The number of pyridine rings is 2. The van der Waals surface area contributed by atoms with E-state index in [4.69, 9.17) is 4.98 Å². The van der Waals surface area contributed by atoms with Crippen molar-refractivity contribution in [1.29, 1.82) is 0 Å². The van der Waals surface area contributed by atoms with Crippen LogP contribution in [0.15, 0.2) is 24.4 Å². The van der Waals surface area contributed by atoms with Gasteiger partial charge in [-0.25, -0.2) is 4.98 Å². The van der Waals surface area contributed by atoms with E-state index in [-0.39, 0.29) is 0 Å². The molecule has 2 aliphatic rings. The Morgan fingerprint density at radius 2 is 2.07 bits per heavy atom. The third-order valence-electron chi connectivity index (χ3n) is 6.23. The number of nitrogens with zero attached hydrogens (tertiary/aromatic N) is 4. The van der Waals surface area contributed by atoms with Crippen molar-refractivity contribution in [3.05, 3.63) is 58.2 Å². The highest BCUT2D eigenvalue weighted by molar-refractivity contribution is 5.83. The molecule has 1 aliphatic heterocycles. The van der Waals surface area contributed by atoms with Crippen LogP contribution in [0.5, 0.6) is 0 Å². The van der Waals surface area contributed by atoms with E-state index in [0.29, 0.717) is 6.54 Å². The molecule has 0 saturated carbocycles. The summed E-state index contributed by atoms with van der Waals surface area (Å²) < 4.78 is 2.28. The predicted octanol–water partition coefficient (Wildman–Crippen LogP) is 2.87. The number of rotatable bonds is 2. The molecule has 1 aliphatic carbocycles. The molecule has 0 saturated heterocycles. The van der Waals surface area contributed by atoms with Crippen LogP contribution < -0.4 is 0 Å². The minimum atomic E-state index is -0.869. The third kappa shape index (κ3) is 2.60. The number of hydrogen-bond acceptors (Lipinski definition) is 4. The second kappa shape index (κ2) is 5.88. The van der Waals surface area contributed by atoms with Gasteiger partial charge in [-0.05, 0) is 57.0 Å². The lowest BCUT2D eigenvalue weighted by molar-refractivity contribution is 0.0204. The Labute approximate surface area is 159 Å². The van der Waals surface area contributed by atoms with E-state index in [9.17, 15) is 5.11 Å². The first-order valence-electron chi connectivity index (χ1n) is 9.79. The summed E-state index contributed by atoms with van der Waals surface area (Å²) in [6, 6.07) is 6.32. The number of likely N-dealkylation sites (N-methyl/N-ethyl adjacent to an activating group) is 1. The first-order chi connectivity index (χ1) is 12.9. The molecular weight excluding hydrogens is 336 g/mol. The standard InChI is InChI=1S/C22H26N4O/c1-14-10-16-17-12-25(3)9-7-20(17)26(21(16)23-11-14)13-22(27)8-6-19-18(22)5-4-15(2)24-19/h4-5,10-11,27H,6-9,12-13H2,1-3H3. The number of aliphatic hydroxyl groups is 1. The maximum absolute atomic E-state index is 11.6. The van der Waals surface area contributed by atoms with Gasteiger partial charge in [-0.2, -0.15) is 0 Å². The Kier molecular flexibility index (Phi) is 3.68. The SMILES string of the molecule is Cc1cnc2c(c1)c1c(n2CC2(O)CCc3nc(C)ccc32)CCN(C)C1. The van der Waals surface area contributed by atoms with Gasteiger partial charge in [-0.15, -0.1) is 0 Å². The molecule has 3 aromatic heterocycles.